The minimum absolute atomic E-state index is 0.0418. The summed E-state index contributed by atoms with van der Waals surface area (Å²) < 4.78 is 54.8. The zero-order valence-corrected chi connectivity index (χ0v) is 16.7. The van der Waals surface area contributed by atoms with Crippen molar-refractivity contribution in [3.05, 3.63) is 42.0 Å². The molecule has 0 bridgehead atoms. The number of hydrogen-bond acceptors (Lipinski definition) is 6. The third-order valence-electron chi connectivity index (χ3n) is 4.21. The molecule has 0 saturated heterocycles. The number of rotatable bonds is 8. The summed E-state index contributed by atoms with van der Waals surface area (Å²) in [4.78, 5) is 2.23. The van der Waals surface area contributed by atoms with E-state index in [0.717, 1.165) is 33.5 Å². The van der Waals surface area contributed by atoms with E-state index >= 15 is 0 Å². The molecule has 11 heteroatoms. The van der Waals surface area contributed by atoms with Gasteiger partial charge in [0.2, 0.25) is 4.99 Å². The summed E-state index contributed by atoms with van der Waals surface area (Å²) in [6, 6.07) is 9.27. The van der Waals surface area contributed by atoms with E-state index in [0.29, 0.717) is 0 Å². The van der Waals surface area contributed by atoms with Crippen LogP contribution in [-0.2, 0) is 20.2 Å². The molecule has 1 aliphatic carbocycles. The Bertz CT molecular complexity index is 940. The van der Waals surface area contributed by atoms with Gasteiger partial charge in [0.15, 0.2) is 0 Å². The van der Waals surface area contributed by atoms with Crippen molar-refractivity contribution in [2.24, 2.45) is 4.99 Å². The van der Waals surface area contributed by atoms with Gasteiger partial charge in [0.25, 0.3) is 10.0 Å². The molecule has 2 N–H and O–H groups in total. The molecule has 0 radical (unpaired) electrons. The average molecular weight is 414 g/mol. The van der Waals surface area contributed by atoms with E-state index < -0.39 is 25.2 Å². The first-order valence-corrected chi connectivity index (χ1v) is 11.3. The topological polar surface area (TPSA) is 111 Å². The van der Waals surface area contributed by atoms with Crippen LogP contribution in [0, 0.1) is 0 Å². The second-order valence-corrected chi connectivity index (χ2v) is 10.6. The van der Waals surface area contributed by atoms with Crippen LogP contribution in [0.1, 0.15) is 24.8 Å². The molecule has 1 atom stereocenters. The Morgan fingerprint density at radius 2 is 1.93 bits per heavy atom. The lowest BCUT2D eigenvalue weighted by molar-refractivity contribution is 0.344. The van der Waals surface area contributed by atoms with Gasteiger partial charge in [-0.1, -0.05) is 42.5 Å². The molecule has 0 spiro atoms. The molecular weight excluding hydrogens is 390 g/mol. The summed E-state index contributed by atoms with van der Waals surface area (Å²) >= 11 is 0. The number of hydrogen-bond donors (Lipinski definition) is 2. The van der Waals surface area contributed by atoms with Crippen LogP contribution in [0.3, 0.4) is 0 Å². The SMILES string of the molecule is CN(C)S(=O)(=O)N1C=NC(CC=Cc2ccccc2)(S(=O)(=O)NC2CC2)N1. The maximum absolute atomic E-state index is 12.9. The third kappa shape index (κ3) is 4.22. The Morgan fingerprint density at radius 1 is 1.26 bits per heavy atom. The van der Waals surface area contributed by atoms with Crippen molar-refractivity contribution in [1.29, 1.82) is 0 Å². The van der Waals surface area contributed by atoms with Gasteiger partial charge in [-0.15, -0.1) is 0 Å². The fourth-order valence-corrected chi connectivity index (χ4v) is 4.88. The molecule has 27 heavy (non-hydrogen) atoms. The van der Waals surface area contributed by atoms with Gasteiger partial charge in [0, 0.05) is 26.6 Å². The van der Waals surface area contributed by atoms with Gasteiger partial charge in [-0.05, 0) is 18.4 Å². The van der Waals surface area contributed by atoms with E-state index in [1.807, 2.05) is 30.3 Å². The number of nitrogens with one attached hydrogen (secondary N) is 2. The van der Waals surface area contributed by atoms with Gasteiger partial charge in [-0.25, -0.2) is 18.1 Å². The summed E-state index contributed by atoms with van der Waals surface area (Å²) in [5, 5.41) is 0. The summed E-state index contributed by atoms with van der Waals surface area (Å²) in [5.41, 5.74) is 3.47. The number of benzene rings is 1. The van der Waals surface area contributed by atoms with E-state index in [1.165, 1.54) is 14.1 Å². The van der Waals surface area contributed by atoms with Gasteiger partial charge in [0.05, 0.1) is 0 Å². The van der Waals surface area contributed by atoms with Gasteiger partial charge in [-0.3, -0.25) is 0 Å². The van der Waals surface area contributed by atoms with Crippen molar-refractivity contribution < 1.29 is 16.8 Å². The Labute approximate surface area is 160 Å². The van der Waals surface area contributed by atoms with Crippen molar-refractivity contribution in [3.63, 3.8) is 0 Å². The number of hydrazine groups is 1. The summed E-state index contributed by atoms with van der Waals surface area (Å²) in [7, 11) is -5.16. The van der Waals surface area contributed by atoms with Crippen LogP contribution in [0.4, 0.5) is 0 Å². The van der Waals surface area contributed by atoms with Crippen LogP contribution in [0.5, 0.6) is 0 Å². The maximum Gasteiger partial charge on any atom is 0.318 e. The highest BCUT2D eigenvalue weighted by atomic mass is 32.2. The molecule has 0 aromatic heterocycles. The van der Waals surface area contributed by atoms with Crippen LogP contribution in [0.2, 0.25) is 0 Å². The smallest absolute Gasteiger partial charge is 0.232 e. The predicted molar refractivity (Wildman–Crippen MR) is 104 cm³/mol. The van der Waals surface area contributed by atoms with E-state index in [1.54, 1.807) is 12.2 Å². The summed E-state index contributed by atoms with van der Waals surface area (Å²) in [5.74, 6) is 0. The van der Waals surface area contributed by atoms with Crippen molar-refractivity contribution >= 4 is 32.6 Å². The van der Waals surface area contributed by atoms with Crippen LogP contribution in [-0.4, -0.2) is 57.0 Å². The van der Waals surface area contributed by atoms with Crippen LogP contribution in [0.25, 0.3) is 6.08 Å². The van der Waals surface area contributed by atoms with Crippen molar-refractivity contribution in [1.82, 2.24) is 18.9 Å². The minimum atomic E-state index is -3.97. The second-order valence-electron chi connectivity index (χ2n) is 6.64. The van der Waals surface area contributed by atoms with Gasteiger partial charge in [-0.2, -0.15) is 22.6 Å². The third-order valence-corrected chi connectivity index (χ3v) is 7.72. The summed E-state index contributed by atoms with van der Waals surface area (Å²) in [6.07, 6.45) is 5.92. The molecule has 3 rings (SSSR count). The van der Waals surface area contributed by atoms with E-state index in [9.17, 15) is 16.8 Å². The number of aliphatic imine (C=N–C) groups is 1. The molecular formula is C16H23N5O4S2. The zero-order valence-electron chi connectivity index (χ0n) is 15.1. The molecule has 1 aromatic carbocycles. The fourth-order valence-electron chi connectivity index (χ4n) is 2.44. The lowest BCUT2D eigenvalue weighted by Gasteiger charge is -2.29. The number of sulfonamides is 1. The molecule has 1 aliphatic heterocycles. The quantitative estimate of drug-likeness (QED) is 0.644. The fraction of sp³-hybridized carbons (Fsp3) is 0.438. The predicted octanol–water partition coefficient (Wildman–Crippen LogP) is 0.480. The van der Waals surface area contributed by atoms with Gasteiger partial charge < -0.3 is 0 Å². The van der Waals surface area contributed by atoms with E-state index in [2.05, 4.69) is 15.1 Å². The molecule has 0 amide bonds. The van der Waals surface area contributed by atoms with Gasteiger partial charge >= 0.3 is 10.2 Å². The molecule has 1 aromatic rings. The van der Waals surface area contributed by atoms with E-state index in [4.69, 9.17) is 0 Å². The van der Waals surface area contributed by atoms with Crippen molar-refractivity contribution in [2.45, 2.75) is 30.3 Å². The molecule has 9 nitrogen and oxygen atoms in total. The van der Waals surface area contributed by atoms with Crippen LogP contribution in [0.15, 0.2) is 41.4 Å². The molecule has 1 unspecified atom stereocenters. The molecule has 1 saturated carbocycles. The molecule has 1 heterocycles. The highest BCUT2D eigenvalue weighted by molar-refractivity contribution is 7.91. The average Bonchev–Trinajstić information content (AvgIpc) is 3.29. The first-order chi connectivity index (χ1) is 12.7. The normalized spacial score (nSPS) is 23.6. The van der Waals surface area contributed by atoms with Gasteiger partial charge in [0.1, 0.15) is 6.34 Å². The lowest BCUT2D eigenvalue weighted by Crippen LogP contribution is -2.58. The Kier molecular flexibility index (Phi) is 5.41. The number of nitrogens with zero attached hydrogens (tertiary/aromatic N) is 3. The van der Waals surface area contributed by atoms with Crippen molar-refractivity contribution in [3.8, 4) is 0 Å². The molecule has 2 aliphatic rings. The monoisotopic (exact) mass is 413 g/mol. The maximum atomic E-state index is 12.9. The first-order valence-electron chi connectivity index (χ1n) is 8.45. The Hall–Kier alpha value is -1.79. The highest BCUT2D eigenvalue weighted by Crippen LogP contribution is 2.30. The van der Waals surface area contributed by atoms with Crippen molar-refractivity contribution in [2.75, 3.05) is 14.1 Å². The second kappa shape index (κ2) is 7.32. The summed E-state index contributed by atoms with van der Waals surface area (Å²) in [6.45, 7) is 0. The Morgan fingerprint density at radius 3 is 2.52 bits per heavy atom. The lowest BCUT2D eigenvalue weighted by atomic mass is 10.2. The zero-order chi connectivity index (χ0) is 19.7. The minimum Gasteiger partial charge on any atom is -0.232 e. The van der Waals surface area contributed by atoms with Crippen LogP contribution < -0.4 is 10.1 Å². The highest BCUT2D eigenvalue weighted by Gasteiger charge is 2.51. The Balaban J connectivity index is 1.87. The van der Waals surface area contributed by atoms with E-state index in [-0.39, 0.29) is 12.5 Å². The first kappa shape index (κ1) is 20.0. The largest absolute Gasteiger partial charge is 0.318 e. The molecule has 1 fully saturated rings. The standard InChI is InChI=1S/C16H23N5O4S2/c1-20(2)27(24,25)21-13-17-16(19-21,26(22,23)18-15-10-11-15)12-6-9-14-7-4-3-5-8-14/h3-9,13,15,18-19H,10-12H2,1-2H3. The van der Waals surface area contributed by atoms with Crippen LogP contribution >= 0.6 is 0 Å². The molecule has 148 valence electrons.